The minimum atomic E-state index is -0.0339. The van der Waals surface area contributed by atoms with Crippen LogP contribution in [0.4, 0.5) is 0 Å². The predicted molar refractivity (Wildman–Crippen MR) is 243 cm³/mol. The van der Waals surface area contributed by atoms with Gasteiger partial charge in [-0.05, 0) is 199 Å². The van der Waals surface area contributed by atoms with Gasteiger partial charge >= 0.3 is 0 Å². The summed E-state index contributed by atoms with van der Waals surface area (Å²) in [5.41, 5.74) is 10.3. The number of allylic oxidation sites excluding steroid dienone is 6. The molecule has 0 aromatic rings. The van der Waals surface area contributed by atoms with E-state index in [9.17, 15) is 9.59 Å². The molecule has 12 aliphatic rings. The van der Waals surface area contributed by atoms with Crippen LogP contribution >= 0.6 is 0 Å². The summed E-state index contributed by atoms with van der Waals surface area (Å²) < 4.78 is 14.0. The molecule has 8 fully saturated rings. The average Bonchev–Trinajstić information content (AvgIpc) is 3.93. The van der Waals surface area contributed by atoms with Crippen LogP contribution in [0.5, 0.6) is 0 Å². The number of ketones is 2. The summed E-state index contributed by atoms with van der Waals surface area (Å²) in [6.45, 7) is 21.8. The highest BCUT2D eigenvalue weighted by Crippen LogP contribution is 2.67. The molecule has 4 aliphatic heterocycles. The molecule has 334 valence electrons. The third-order valence-electron chi connectivity index (χ3n) is 21.7. The van der Waals surface area contributed by atoms with E-state index in [-0.39, 0.29) is 22.0 Å². The van der Waals surface area contributed by atoms with Gasteiger partial charge in [0, 0.05) is 36.8 Å². The van der Waals surface area contributed by atoms with Gasteiger partial charge in [0.25, 0.3) is 0 Å². The Hall–Kier alpha value is -1.86. The Balaban J connectivity index is 0.000000138. The van der Waals surface area contributed by atoms with E-state index >= 15 is 0 Å². The molecule has 4 saturated carbocycles. The number of hydrogen-bond donors (Lipinski definition) is 2. The van der Waals surface area contributed by atoms with Gasteiger partial charge in [0.05, 0.1) is 23.4 Å². The Morgan fingerprint density at radius 3 is 1.75 bits per heavy atom. The van der Waals surface area contributed by atoms with Crippen LogP contribution < -0.4 is 10.6 Å². The number of hydrogen-bond acceptors (Lipinski definition) is 6. The molecule has 0 amide bonds. The van der Waals surface area contributed by atoms with Crippen LogP contribution in [-0.4, -0.2) is 60.1 Å². The van der Waals surface area contributed by atoms with Gasteiger partial charge in [-0.2, -0.15) is 0 Å². The van der Waals surface area contributed by atoms with Crippen molar-refractivity contribution in [2.24, 2.45) is 70.0 Å². The van der Waals surface area contributed by atoms with Crippen molar-refractivity contribution in [2.45, 2.75) is 200 Å². The fraction of sp³-hybridized carbons (Fsp3) is 0.818. The van der Waals surface area contributed by atoms with Crippen LogP contribution in [0.25, 0.3) is 0 Å². The highest BCUT2D eigenvalue weighted by Gasteiger charge is 2.62. The number of ether oxygens (including phenoxy) is 2. The predicted octanol–water partition coefficient (Wildman–Crippen LogP) is 10.8. The molecule has 8 aliphatic carbocycles. The molecule has 0 radical (unpaired) electrons. The summed E-state index contributed by atoms with van der Waals surface area (Å²) >= 11 is 0. The topological polar surface area (TPSA) is 76.7 Å². The Morgan fingerprint density at radius 1 is 0.623 bits per heavy atom. The molecule has 6 heteroatoms. The molecule has 2 N–H and O–H groups in total. The molecule has 4 saturated heterocycles. The second-order valence-electron chi connectivity index (χ2n) is 24.4. The third kappa shape index (κ3) is 6.26. The summed E-state index contributed by atoms with van der Waals surface area (Å²) in [4.78, 5) is 24.2. The summed E-state index contributed by atoms with van der Waals surface area (Å²) in [6, 6.07) is 1.06. The van der Waals surface area contributed by atoms with Gasteiger partial charge in [-0.1, -0.05) is 69.4 Å². The van der Waals surface area contributed by atoms with Gasteiger partial charge in [-0.15, -0.1) is 0 Å². The van der Waals surface area contributed by atoms with E-state index in [0.717, 1.165) is 99.5 Å². The fourth-order valence-corrected chi connectivity index (χ4v) is 18.1. The lowest BCUT2D eigenvalue weighted by Crippen LogP contribution is -2.49. The molecular weight excluding hydrogens is 753 g/mol. The Bertz CT molecular complexity index is 1980. The maximum Gasteiger partial charge on any atom is 0.155 e. The molecule has 4 heterocycles. The van der Waals surface area contributed by atoms with E-state index in [1.807, 2.05) is 12.2 Å². The van der Waals surface area contributed by atoms with Crippen molar-refractivity contribution in [3.05, 3.63) is 45.6 Å². The zero-order valence-corrected chi connectivity index (χ0v) is 39.3. The van der Waals surface area contributed by atoms with Gasteiger partial charge in [0.2, 0.25) is 0 Å². The molecule has 12 rings (SSSR count). The summed E-state index contributed by atoms with van der Waals surface area (Å²) in [5, 5.41) is 7.69. The first kappa shape index (κ1) is 41.8. The number of fused-ring (bicyclic) bond motifs is 12. The van der Waals surface area contributed by atoms with Crippen molar-refractivity contribution < 1.29 is 19.1 Å². The van der Waals surface area contributed by atoms with Crippen LogP contribution in [0.15, 0.2) is 45.6 Å². The van der Waals surface area contributed by atoms with Gasteiger partial charge < -0.3 is 20.1 Å². The second kappa shape index (κ2) is 14.8. The molecule has 18 unspecified atom stereocenters. The smallest absolute Gasteiger partial charge is 0.155 e. The largest absolute Gasteiger partial charge is 0.369 e. The van der Waals surface area contributed by atoms with E-state index in [1.54, 1.807) is 22.3 Å². The van der Waals surface area contributed by atoms with Gasteiger partial charge in [-0.25, -0.2) is 0 Å². The van der Waals surface area contributed by atoms with E-state index in [0.29, 0.717) is 53.6 Å². The average molecular weight is 833 g/mol. The van der Waals surface area contributed by atoms with Crippen LogP contribution in [-0.2, 0) is 19.1 Å². The van der Waals surface area contributed by atoms with Crippen LogP contribution in [0.2, 0.25) is 0 Å². The number of nitrogens with one attached hydrogen (secondary N) is 2. The zero-order valence-electron chi connectivity index (χ0n) is 39.3. The molecule has 0 aromatic carbocycles. The molecule has 61 heavy (non-hydrogen) atoms. The van der Waals surface area contributed by atoms with Crippen molar-refractivity contribution in [2.75, 3.05) is 13.1 Å². The standard InChI is InChI=1S/C28H41NO2.C27H39NO2/c1-16-11-25-26(29-15-16)18(3)28(31-25)10-8-21-22-6-5-19-12-20(30)7-9-27(19,4)24(22)13-23(21)17(2)14-28;1-15-11-24-25(28-14-15)17(3)27(30-24)10-8-20-21-6-5-18-12-19(29)7-9-26(18,4)23(21)13-22(20)16(27)2/h12,16,18,21-22,24-26,29H,5-11,13-15H2,1-4H3;12,15,17,20-21,23-25,28H,5-11,13-14H2,1-4H3. The van der Waals surface area contributed by atoms with E-state index < -0.39 is 0 Å². The summed E-state index contributed by atoms with van der Waals surface area (Å²) in [7, 11) is 0. The third-order valence-corrected chi connectivity index (χ3v) is 21.7. The maximum absolute atomic E-state index is 12.1. The molecule has 2 spiro atoms. The minimum absolute atomic E-state index is 0.0339. The first-order valence-electron chi connectivity index (χ1n) is 25.8. The van der Waals surface area contributed by atoms with Crippen molar-refractivity contribution in [3.63, 3.8) is 0 Å². The van der Waals surface area contributed by atoms with Crippen molar-refractivity contribution >= 4 is 11.6 Å². The first-order chi connectivity index (χ1) is 29.1. The van der Waals surface area contributed by atoms with Gasteiger partial charge in [0.1, 0.15) is 0 Å². The van der Waals surface area contributed by atoms with Crippen LogP contribution in [0.3, 0.4) is 0 Å². The molecule has 18 atom stereocenters. The van der Waals surface area contributed by atoms with Crippen molar-refractivity contribution in [1.29, 1.82) is 0 Å². The zero-order chi connectivity index (χ0) is 42.4. The number of piperidine rings is 2. The number of rotatable bonds is 0. The van der Waals surface area contributed by atoms with E-state index in [1.165, 1.54) is 75.4 Å². The Kier molecular flexibility index (Phi) is 10.2. The molecular formula is C55H80N2O4. The highest BCUT2D eigenvalue weighted by molar-refractivity contribution is 5.92. The monoisotopic (exact) mass is 833 g/mol. The molecule has 0 bridgehead atoms. The van der Waals surface area contributed by atoms with Crippen LogP contribution in [0.1, 0.15) is 165 Å². The maximum atomic E-state index is 12.1. The Labute approximate surface area is 368 Å². The van der Waals surface area contributed by atoms with E-state index in [2.05, 4.69) is 66.0 Å². The highest BCUT2D eigenvalue weighted by atomic mass is 16.5. The van der Waals surface area contributed by atoms with Gasteiger partial charge in [0.15, 0.2) is 11.6 Å². The lowest BCUT2D eigenvalue weighted by molar-refractivity contribution is -0.117. The quantitative estimate of drug-likeness (QED) is 0.237. The van der Waals surface area contributed by atoms with E-state index in [4.69, 9.17) is 9.47 Å². The minimum Gasteiger partial charge on any atom is -0.369 e. The van der Waals surface area contributed by atoms with Crippen LogP contribution in [0, 0.1) is 70.0 Å². The van der Waals surface area contributed by atoms with Gasteiger partial charge in [-0.3, -0.25) is 9.59 Å². The lowest BCUT2D eigenvalue weighted by atomic mass is 9.56. The number of carbonyl (C=O) groups excluding carboxylic acids is 2. The normalized spacial score (nSPS) is 52.1. The summed E-state index contributed by atoms with van der Waals surface area (Å²) in [5.74, 6) is 7.95. The SMILES string of the molecule is CC1=C2CC3C(CCC4=CC(=O)CCC43C)C2CCC12OC1CC(C)CNC1C2C.CC1=C2CC3C(CCC4=CC(=O)CCC43C)C2CCC2(C1)OC1CC(C)CNC1C2C. The lowest BCUT2D eigenvalue weighted by Gasteiger charge is -2.48. The molecule has 0 aromatic heterocycles. The number of carbonyl (C=O) groups is 2. The van der Waals surface area contributed by atoms with Crippen molar-refractivity contribution in [3.8, 4) is 0 Å². The Morgan fingerprint density at radius 2 is 1.15 bits per heavy atom. The summed E-state index contributed by atoms with van der Waals surface area (Å²) in [6.07, 6.45) is 24.5. The fourth-order valence-electron chi connectivity index (χ4n) is 18.1. The second-order valence-corrected chi connectivity index (χ2v) is 24.4. The first-order valence-corrected chi connectivity index (χ1v) is 25.8. The van der Waals surface area contributed by atoms with Crippen molar-refractivity contribution in [1.82, 2.24) is 10.6 Å². The molecule has 6 nitrogen and oxygen atoms in total.